The smallest absolute Gasteiger partial charge is 0.251 e. The van der Waals surface area contributed by atoms with Gasteiger partial charge in [0, 0.05) is 5.56 Å². The molecular formula is C27H32N2O5S. The molecule has 0 bridgehead atoms. The van der Waals surface area contributed by atoms with Crippen LogP contribution < -0.4 is 19.1 Å². The number of benzene rings is 3. The molecule has 0 saturated carbocycles. The number of methoxy groups -OCH3 is 1. The number of rotatable bonds is 10. The molecule has 0 aromatic heterocycles. The Morgan fingerprint density at radius 3 is 2.06 bits per heavy atom. The Labute approximate surface area is 207 Å². The summed E-state index contributed by atoms with van der Waals surface area (Å²) in [6, 6.07) is 19.7. The van der Waals surface area contributed by atoms with Crippen molar-refractivity contribution < 1.29 is 22.7 Å². The SMILES string of the molecule is COc1ccc(OC[C@H](C)NC(=O)c2ccc(CN(c3c(C)cccc3C)S(C)(=O)=O)cc2)cc1. The number of carbonyl (C=O) groups excluding carboxylic acids is 1. The number of hydrogen-bond acceptors (Lipinski definition) is 5. The number of hydrogen-bond donors (Lipinski definition) is 1. The quantitative estimate of drug-likeness (QED) is 0.448. The van der Waals surface area contributed by atoms with Gasteiger partial charge in [0.2, 0.25) is 10.0 Å². The van der Waals surface area contributed by atoms with Crippen LogP contribution >= 0.6 is 0 Å². The van der Waals surface area contributed by atoms with E-state index in [2.05, 4.69) is 5.32 Å². The van der Waals surface area contributed by atoms with E-state index in [-0.39, 0.29) is 18.5 Å². The third-order valence-electron chi connectivity index (χ3n) is 5.57. The zero-order valence-electron chi connectivity index (χ0n) is 20.7. The molecule has 1 N–H and O–H groups in total. The maximum absolute atomic E-state index is 12.7. The normalized spacial score (nSPS) is 12.0. The number of nitrogens with zero attached hydrogens (tertiary/aromatic N) is 1. The molecule has 3 rings (SSSR count). The zero-order chi connectivity index (χ0) is 25.6. The predicted molar refractivity (Wildman–Crippen MR) is 139 cm³/mol. The second-order valence-electron chi connectivity index (χ2n) is 8.57. The molecule has 0 aliphatic carbocycles. The van der Waals surface area contributed by atoms with E-state index in [4.69, 9.17) is 9.47 Å². The van der Waals surface area contributed by atoms with Crippen LogP contribution in [0, 0.1) is 13.8 Å². The lowest BCUT2D eigenvalue weighted by atomic mass is 10.1. The van der Waals surface area contributed by atoms with E-state index in [0.717, 1.165) is 22.4 Å². The van der Waals surface area contributed by atoms with E-state index in [9.17, 15) is 13.2 Å². The fourth-order valence-electron chi connectivity index (χ4n) is 3.73. The molecule has 0 aliphatic rings. The maximum atomic E-state index is 12.7. The van der Waals surface area contributed by atoms with Crippen molar-refractivity contribution in [1.82, 2.24) is 5.32 Å². The Bertz CT molecular complexity index is 1240. The number of para-hydroxylation sites is 1. The third kappa shape index (κ3) is 6.99. The van der Waals surface area contributed by atoms with Gasteiger partial charge in [-0.3, -0.25) is 9.10 Å². The number of anilines is 1. The Kier molecular flexibility index (Phi) is 8.40. The standard InChI is InChI=1S/C27H32N2O5S/c1-19-7-6-8-20(2)26(19)29(35(5,31)32)17-22-9-11-23(12-10-22)27(30)28-21(3)18-34-25-15-13-24(33-4)14-16-25/h6-16,21H,17-18H2,1-5H3,(H,28,30)/t21-/m0/s1. The highest BCUT2D eigenvalue weighted by molar-refractivity contribution is 7.92. The first-order chi connectivity index (χ1) is 16.6. The van der Waals surface area contributed by atoms with Crippen molar-refractivity contribution in [3.63, 3.8) is 0 Å². The minimum atomic E-state index is -3.50. The van der Waals surface area contributed by atoms with Crippen molar-refractivity contribution in [3.05, 3.63) is 89.0 Å². The Balaban J connectivity index is 1.63. The van der Waals surface area contributed by atoms with Gasteiger partial charge in [0.05, 0.1) is 31.6 Å². The van der Waals surface area contributed by atoms with Crippen LogP contribution in [0.4, 0.5) is 5.69 Å². The Morgan fingerprint density at radius 2 is 1.51 bits per heavy atom. The van der Waals surface area contributed by atoms with Gasteiger partial charge < -0.3 is 14.8 Å². The van der Waals surface area contributed by atoms with Crippen LogP contribution in [0.25, 0.3) is 0 Å². The van der Waals surface area contributed by atoms with Gasteiger partial charge in [-0.15, -0.1) is 0 Å². The molecule has 0 saturated heterocycles. The number of nitrogens with one attached hydrogen (secondary N) is 1. The van der Waals surface area contributed by atoms with Crippen LogP contribution in [0.15, 0.2) is 66.7 Å². The first-order valence-corrected chi connectivity index (χ1v) is 13.1. The Morgan fingerprint density at radius 1 is 0.943 bits per heavy atom. The molecule has 3 aromatic carbocycles. The first kappa shape index (κ1) is 26.1. The van der Waals surface area contributed by atoms with Crippen LogP contribution in [0.5, 0.6) is 11.5 Å². The van der Waals surface area contributed by atoms with E-state index in [1.165, 1.54) is 10.6 Å². The van der Waals surface area contributed by atoms with Crippen molar-refractivity contribution in [1.29, 1.82) is 0 Å². The highest BCUT2D eigenvalue weighted by atomic mass is 32.2. The number of ether oxygens (including phenoxy) is 2. The van der Waals surface area contributed by atoms with Crippen molar-refractivity contribution in [3.8, 4) is 11.5 Å². The molecule has 0 aliphatic heterocycles. The van der Waals surface area contributed by atoms with Gasteiger partial charge in [0.15, 0.2) is 0 Å². The summed E-state index contributed by atoms with van der Waals surface area (Å²) in [6.45, 7) is 6.15. The number of aryl methyl sites for hydroxylation is 2. The van der Waals surface area contributed by atoms with Gasteiger partial charge in [-0.05, 0) is 73.9 Å². The molecule has 8 heteroatoms. The largest absolute Gasteiger partial charge is 0.497 e. The summed E-state index contributed by atoms with van der Waals surface area (Å²) in [4.78, 5) is 12.7. The molecule has 35 heavy (non-hydrogen) atoms. The van der Waals surface area contributed by atoms with Crippen molar-refractivity contribution in [2.75, 3.05) is 24.3 Å². The number of sulfonamides is 1. The summed E-state index contributed by atoms with van der Waals surface area (Å²) >= 11 is 0. The fourth-order valence-corrected chi connectivity index (χ4v) is 4.73. The van der Waals surface area contributed by atoms with E-state index in [0.29, 0.717) is 23.6 Å². The summed E-state index contributed by atoms with van der Waals surface area (Å²) in [5.41, 5.74) is 3.73. The highest BCUT2D eigenvalue weighted by Gasteiger charge is 2.21. The molecule has 1 amide bonds. The number of amides is 1. The van der Waals surface area contributed by atoms with Crippen LogP contribution in [0.2, 0.25) is 0 Å². The molecule has 186 valence electrons. The molecule has 0 fully saturated rings. The highest BCUT2D eigenvalue weighted by Crippen LogP contribution is 2.28. The molecule has 7 nitrogen and oxygen atoms in total. The van der Waals surface area contributed by atoms with Crippen LogP contribution in [0.1, 0.15) is 34.0 Å². The van der Waals surface area contributed by atoms with Gasteiger partial charge in [-0.25, -0.2) is 8.42 Å². The molecule has 3 aromatic rings. The summed E-state index contributed by atoms with van der Waals surface area (Å²) in [5, 5.41) is 2.92. The minimum Gasteiger partial charge on any atom is -0.497 e. The summed E-state index contributed by atoms with van der Waals surface area (Å²) in [5.74, 6) is 1.21. The molecular weight excluding hydrogens is 464 g/mol. The monoisotopic (exact) mass is 496 g/mol. The van der Waals surface area contributed by atoms with Gasteiger partial charge in [0.1, 0.15) is 18.1 Å². The summed E-state index contributed by atoms with van der Waals surface area (Å²) < 4.78 is 37.4. The predicted octanol–water partition coefficient (Wildman–Crippen LogP) is 4.48. The maximum Gasteiger partial charge on any atom is 0.251 e. The van der Waals surface area contributed by atoms with Crippen molar-refractivity contribution >= 4 is 21.6 Å². The van der Waals surface area contributed by atoms with E-state index in [1.54, 1.807) is 31.4 Å². The lowest BCUT2D eigenvalue weighted by Gasteiger charge is -2.26. The van der Waals surface area contributed by atoms with Crippen LogP contribution in [-0.2, 0) is 16.6 Å². The minimum absolute atomic E-state index is 0.179. The van der Waals surface area contributed by atoms with Gasteiger partial charge in [-0.2, -0.15) is 0 Å². The second kappa shape index (κ2) is 11.3. The topological polar surface area (TPSA) is 84.9 Å². The zero-order valence-corrected chi connectivity index (χ0v) is 21.6. The van der Waals surface area contributed by atoms with E-state index < -0.39 is 10.0 Å². The lowest BCUT2D eigenvalue weighted by molar-refractivity contribution is 0.0926. The van der Waals surface area contributed by atoms with Crippen molar-refractivity contribution in [2.45, 2.75) is 33.4 Å². The van der Waals surface area contributed by atoms with E-state index >= 15 is 0 Å². The lowest BCUT2D eigenvalue weighted by Crippen LogP contribution is -2.36. The Hall–Kier alpha value is -3.52. The summed E-state index contributed by atoms with van der Waals surface area (Å²) in [6.07, 6.45) is 1.20. The number of carbonyl (C=O) groups is 1. The van der Waals surface area contributed by atoms with Crippen LogP contribution in [-0.4, -0.2) is 40.3 Å². The second-order valence-corrected chi connectivity index (χ2v) is 10.5. The molecule has 0 radical (unpaired) electrons. The molecule has 0 heterocycles. The van der Waals surface area contributed by atoms with Gasteiger partial charge >= 0.3 is 0 Å². The van der Waals surface area contributed by atoms with E-state index in [1.807, 2.05) is 63.2 Å². The average Bonchev–Trinajstić information content (AvgIpc) is 2.82. The van der Waals surface area contributed by atoms with Crippen LogP contribution in [0.3, 0.4) is 0 Å². The van der Waals surface area contributed by atoms with Crippen molar-refractivity contribution in [2.24, 2.45) is 0 Å². The summed E-state index contributed by atoms with van der Waals surface area (Å²) in [7, 11) is -1.90. The van der Waals surface area contributed by atoms with Gasteiger partial charge in [0.25, 0.3) is 5.91 Å². The molecule has 1 atom stereocenters. The molecule has 0 spiro atoms. The van der Waals surface area contributed by atoms with Gasteiger partial charge in [-0.1, -0.05) is 30.3 Å². The first-order valence-electron chi connectivity index (χ1n) is 11.3. The molecule has 0 unspecified atom stereocenters. The average molecular weight is 497 g/mol. The fraction of sp³-hybridized carbons (Fsp3) is 0.296. The third-order valence-corrected chi connectivity index (χ3v) is 6.68.